The lowest BCUT2D eigenvalue weighted by molar-refractivity contribution is 0.0544. The molecule has 0 aliphatic carbocycles. The largest absolute Gasteiger partial charge is 0.444 e. The highest BCUT2D eigenvalue weighted by Crippen LogP contribution is 2.27. The third-order valence-electron chi connectivity index (χ3n) is 7.17. The predicted molar refractivity (Wildman–Crippen MR) is 192 cm³/mol. The number of hydrogen-bond donors (Lipinski definition) is 2. The Hall–Kier alpha value is -5.44. The highest BCUT2D eigenvalue weighted by Gasteiger charge is 2.24. The molecule has 2 N–H and O–H groups in total. The molecule has 0 aromatic heterocycles. The molecule has 4 aromatic carbocycles. The van der Waals surface area contributed by atoms with Gasteiger partial charge in [-0.25, -0.2) is 14.6 Å². The third kappa shape index (κ3) is 12.3. The van der Waals surface area contributed by atoms with Gasteiger partial charge in [0.2, 0.25) is 5.96 Å². The maximum Gasteiger partial charge on any atom is 0.414 e. The summed E-state index contributed by atoms with van der Waals surface area (Å²) < 4.78 is 10.7. The molecule has 0 unspecified atom stereocenters. The lowest BCUT2D eigenvalue weighted by Crippen LogP contribution is -2.47. The number of rotatable bonds is 9. The molecule has 49 heavy (non-hydrogen) atoms. The monoisotopic (exact) mass is 662 g/mol. The van der Waals surface area contributed by atoms with Crippen LogP contribution in [-0.2, 0) is 22.6 Å². The fourth-order valence-electron chi connectivity index (χ4n) is 5.03. The first kappa shape index (κ1) is 36.4. The maximum atomic E-state index is 14.0. The Morgan fingerprint density at radius 1 is 0.633 bits per heavy atom. The second-order valence-corrected chi connectivity index (χ2v) is 13.7. The van der Waals surface area contributed by atoms with Gasteiger partial charge in [-0.05, 0) is 75.9 Å². The Labute approximate surface area is 289 Å². The number of nitrogens with one attached hydrogen (secondary N) is 2. The van der Waals surface area contributed by atoms with E-state index in [0.717, 1.165) is 22.3 Å². The first-order chi connectivity index (χ1) is 23.3. The molecule has 256 valence electrons. The molecule has 0 saturated carbocycles. The van der Waals surface area contributed by atoms with Crippen LogP contribution in [0.2, 0.25) is 0 Å². The van der Waals surface area contributed by atoms with Gasteiger partial charge in [0.05, 0.1) is 6.54 Å². The third-order valence-corrected chi connectivity index (χ3v) is 7.17. The highest BCUT2D eigenvalue weighted by molar-refractivity contribution is 6.01. The molecular formula is C40H46N4O5. The molecule has 0 atom stereocenters. The van der Waals surface area contributed by atoms with Crippen molar-refractivity contribution in [3.05, 3.63) is 143 Å². The van der Waals surface area contributed by atoms with Crippen LogP contribution in [0, 0.1) is 0 Å². The zero-order chi connectivity index (χ0) is 35.4. The number of nitrogens with zero attached hydrogens (tertiary/aromatic N) is 2. The van der Waals surface area contributed by atoms with Gasteiger partial charge in [-0.3, -0.25) is 15.4 Å². The molecule has 0 radical (unpaired) electrons. The van der Waals surface area contributed by atoms with E-state index < -0.39 is 23.4 Å². The van der Waals surface area contributed by atoms with Crippen molar-refractivity contribution >= 4 is 24.1 Å². The van der Waals surface area contributed by atoms with E-state index in [1.54, 1.807) is 41.5 Å². The number of alkyl carbamates (subject to hydrolysis) is 2. The molecule has 9 heteroatoms. The van der Waals surface area contributed by atoms with Gasteiger partial charge in [0.1, 0.15) is 11.2 Å². The van der Waals surface area contributed by atoms with E-state index in [1.165, 1.54) is 0 Å². The normalized spacial score (nSPS) is 11.3. The van der Waals surface area contributed by atoms with E-state index >= 15 is 0 Å². The summed E-state index contributed by atoms with van der Waals surface area (Å²) in [6.07, 6.45) is -1.52. The topological polar surface area (TPSA) is 109 Å². The zero-order valence-corrected chi connectivity index (χ0v) is 29.1. The number of benzene rings is 4. The first-order valence-electron chi connectivity index (χ1n) is 16.3. The second-order valence-electron chi connectivity index (χ2n) is 13.7. The summed E-state index contributed by atoms with van der Waals surface area (Å²) >= 11 is 0. The van der Waals surface area contributed by atoms with Crippen LogP contribution in [-0.4, -0.2) is 46.7 Å². The summed E-state index contributed by atoms with van der Waals surface area (Å²) in [6.45, 7) is 11.5. The van der Waals surface area contributed by atoms with Gasteiger partial charge < -0.3 is 14.4 Å². The molecule has 0 bridgehead atoms. The molecule has 0 heterocycles. The number of amides is 3. The van der Waals surface area contributed by atoms with Gasteiger partial charge in [0.25, 0.3) is 5.91 Å². The number of ether oxygens (including phenoxy) is 2. The van der Waals surface area contributed by atoms with Gasteiger partial charge in [-0.2, -0.15) is 0 Å². The number of carbonyl (C=O) groups excluding carboxylic acids is 3. The van der Waals surface area contributed by atoms with Gasteiger partial charge in [0, 0.05) is 24.6 Å². The summed E-state index contributed by atoms with van der Waals surface area (Å²) in [5.41, 5.74) is 3.16. The standard InChI is InChI=1S/C40H46N4O5/c1-39(2,3)48-37(46)42-36(43-38(47)49-40(4,5)6)41-26-29-22-24-30(25-23-29)27-44(35(45)33-20-14-9-15-21-33)28-34(31-16-10-7-11-17-31)32-18-12-8-13-19-32/h7-25,34H,26-28H2,1-6H3,(H2,41,42,43,46,47). The summed E-state index contributed by atoms with van der Waals surface area (Å²) in [4.78, 5) is 45.2. The quantitative estimate of drug-likeness (QED) is 0.139. The minimum Gasteiger partial charge on any atom is -0.444 e. The number of carbonyl (C=O) groups is 3. The van der Waals surface area contributed by atoms with Crippen molar-refractivity contribution in [1.29, 1.82) is 0 Å². The maximum absolute atomic E-state index is 14.0. The Balaban J connectivity index is 1.55. The van der Waals surface area contributed by atoms with E-state index in [0.29, 0.717) is 18.7 Å². The zero-order valence-electron chi connectivity index (χ0n) is 29.1. The molecule has 3 amide bonds. The van der Waals surface area contributed by atoms with Gasteiger partial charge in [-0.15, -0.1) is 0 Å². The Morgan fingerprint density at radius 2 is 1.06 bits per heavy atom. The van der Waals surface area contributed by atoms with E-state index in [4.69, 9.17) is 9.47 Å². The van der Waals surface area contributed by atoms with Crippen molar-refractivity contribution in [2.24, 2.45) is 4.99 Å². The number of aliphatic imine (C=N–C) groups is 1. The van der Waals surface area contributed by atoms with Crippen LogP contribution in [0.25, 0.3) is 0 Å². The average Bonchev–Trinajstić information content (AvgIpc) is 3.05. The smallest absolute Gasteiger partial charge is 0.414 e. The Morgan fingerprint density at radius 3 is 1.51 bits per heavy atom. The molecule has 4 aromatic rings. The first-order valence-corrected chi connectivity index (χ1v) is 16.3. The predicted octanol–water partition coefficient (Wildman–Crippen LogP) is 8.07. The molecule has 0 aliphatic heterocycles. The van der Waals surface area contributed by atoms with Crippen molar-refractivity contribution in [3.8, 4) is 0 Å². The van der Waals surface area contributed by atoms with Gasteiger partial charge in [-0.1, -0.05) is 103 Å². The van der Waals surface area contributed by atoms with Crippen LogP contribution in [0.15, 0.2) is 120 Å². The van der Waals surface area contributed by atoms with Crippen LogP contribution < -0.4 is 10.6 Å². The van der Waals surface area contributed by atoms with Crippen molar-refractivity contribution in [2.45, 2.75) is 71.8 Å². The Kier molecular flexibility index (Phi) is 12.3. The summed E-state index contributed by atoms with van der Waals surface area (Å²) in [6, 6.07) is 37.5. The molecule has 9 nitrogen and oxygen atoms in total. The minimum absolute atomic E-state index is 0.0305. The molecule has 0 aliphatic rings. The Bertz CT molecular complexity index is 1620. The van der Waals surface area contributed by atoms with Gasteiger partial charge >= 0.3 is 12.2 Å². The molecule has 0 fully saturated rings. The van der Waals surface area contributed by atoms with Crippen LogP contribution in [0.4, 0.5) is 9.59 Å². The van der Waals surface area contributed by atoms with Crippen LogP contribution >= 0.6 is 0 Å². The minimum atomic E-state index is -0.759. The summed E-state index contributed by atoms with van der Waals surface area (Å²) in [5, 5.41) is 5.01. The molecule has 0 saturated heterocycles. The SMILES string of the molecule is CC(C)(C)OC(=O)NC(=NCc1ccc(CN(CC(c2ccccc2)c2ccccc2)C(=O)c2ccccc2)cc1)NC(=O)OC(C)(C)C. The van der Waals surface area contributed by atoms with Crippen molar-refractivity contribution in [1.82, 2.24) is 15.5 Å². The van der Waals surface area contributed by atoms with E-state index in [2.05, 4.69) is 39.9 Å². The van der Waals surface area contributed by atoms with E-state index in [-0.39, 0.29) is 24.3 Å². The number of guanidine groups is 1. The average molecular weight is 663 g/mol. The van der Waals surface area contributed by atoms with E-state index in [1.807, 2.05) is 95.9 Å². The second kappa shape index (κ2) is 16.6. The van der Waals surface area contributed by atoms with Crippen molar-refractivity contribution in [3.63, 3.8) is 0 Å². The lowest BCUT2D eigenvalue weighted by atomic mass is 9.90. The van der Waals surface area contributed by atoms with Crippen LogP contribution in [0.3, 0.4) is 0 Å². The van der Waals surface area contributed by atoms with E-state index in [9.17, 15) is 14.4 Å². The summed E-state index contributed by atoms with van der Waals surface area (Å²) in [7, 11) is 0. The molecular weight excluding hydrogens is 616 g/mol. The highest BCUT2D eigenvalue weighted by atomic mass is 16.6. The fraction of sp³-hybridized carbons (Fsp3) is 0.300. The molecule has 4 rings (SSSR count). The van der Waals surface area contributed by atoms with Crippen LogP contribution in [0.5, 0.6) is 0 Å². The van der Waals surface area contributed by atoms with Gasteiger partial charge in [0.15, 0.2) is 0 Å². The summed E-state index contributed by atoms with van der Waals surface area (Å²) in [5.74, 6) is -0.186. The lowest BCUT2D eigenvalue weighted by Gasteiger charge is -2.29. The van der Waals surface area contributed by atoms with Crippen molar-refractivity contribution in [2.75, 3.05) is 6.54 Å². The fourth-order valence-corrected chi connectivity index (χ4v) is 5.03. The number of hydrogen-bond acceptors (Lipinski definition) is 6. The molecule has 0 spiro atoms. The van der Waals surface area contributed by atoms with Crippen LogP contribution in [0.1, 0.15) is 80.1 Å². The van der Waals surface area contributed by atoms with Crippen molar-refractivity contribution < 1.29 is 23.9 Å².